The summed E-state index contributed by atoms with van der Waals surface area (Å²) in [6.07, 6.45) is 3.44. The topological polar surface area (TPSA) is 56.1 Å². The number of carbonyl (C=O) groups excluding carboxylic acids is 1. The molecular formula is C17H22FN3O. The molecule has 0 radical (unpaired) electrons. The number of nitrogens with one attached hydrogen (secondary N) is 1. The Hall–Kier alpha value is -1.93. The monoisotopic (exact) mass is 303 g/mol. The summed E-state index contributed by atoms with van der Waals surface area (Å²) in [5, 5.41) is 11.2. The van der Waals surface area contributed by atoms with Gasteiger partial charge in [-0.05, 0) is 56.0 Å². The van der Waals surface area contributed by atoms with Crippen LogP contribution in [-0.4, -0.2) is 37.0 Å². The Morgan fingerprint density at radius 1 is 1.32 bits per heavy atom. The first-order valence-corrected chi connectivity index (χ1v) is 7.78. The van der Waals surface area contributed by atoms with Gasteiger partial charge in [0, 0.05) is 6.54 Å². The number of nitriles is 1. The quantitative estimate of drug-likeness (QED) is 0.819. The molecular weight excluding hydrogens is 281 g/mol. The van der Waals surface area contributed by atoms with Gasteiger partial charge >= 0.3 is 0 Å². The molecule has 0 aromatic heterocycles. The minimum Gasteiger partial charge on any atom is -0.354 e. The Labute approximate surface area is 130 Å². The third-order valence-corrected chi connectivity index (χ3v) is 4.07. The van der Waals surface area contributed by atoms with Crippen LogP contribution in [0.3, 0.4) is 0 Å². The molecule has 0 saturated carbocycles. The van der Waals surface area contributed by atoms with Crippen LogP contribution in [0.25, 0.3) is 0 Å². The zero-order chi connectivity index (χ0) is 15.8. The Balaban J connectivity index is 1.68. The van der Waals surface area contributed by atoms with Gasteiger partial charge in [0.15, 0.2) is 0 Å². The van der Waals surface area contributed by atoms with Crippen molar-refractivity contribution in [3.8, 4) is 6.07 Å². The van der Waals surface area contributed by atoms with E-state index in [1.54, 1.807) is 0 Å². The molecule has 1 aromatic rings. The minimum atomic E-state index is -0.194. The van der Waals surface area contributed by atoms with E-state index in [9.17, 15) is 9.18 Å². The summed E-state index contributed by atoms with van der Waals surface area (Å²) in [4.78, 5) is 13.8. The Bertz CT molecular complexity index is 516. The second-order valence-corrected chi connectivity index (χ2v) is 5.81. The summed E-state index contributed by atoms with van der Waals surface area (Å²) in [6.45, 7) is 2.67. The van der Waals surface area contributed by atoms with Crippen LogP contribution in [0, 0.1) is 23.1 Å². The van der Waals surface area contributed by atoms with Crippen LogP contribution in [-0.2, 0) is 11.2 Å². The van der Waals surface area contributed by atoms with Gasteiger partial charge < -0.3 is 5.32 Å². The Morgan fingerprint density at radius 3 is 2.64 bits per heavy atom. The molecule has 0 spiro atoms. The number of rotatable bonds is 6. The van der Waals surface area contributed by atoms with E-state index < -0.39 is 0 Å². The number of amides is 1. The maximum Gasteiger partial charge on any atom is 0.234 e. The average Bonchev–Trinajstić information content (AvgIpc) is 2.52. The predicted octanol–water partition coefficient (Wildman–Crippen LogP) is 2.11. The van der Waals surface area contributed by atoms with Crippen molar-refractivity contribution in [2.75, 3.05) is 26.2 Å². The van der Waals surface area contributed by atoms with Crippen LogP contribution in [0.5, 0.6) is 0 Å². The lowest BCUT2D eigenvalue weighted by Gasteiger charge is -2.31. The number of piperidine rings is 1. The Kier molecular flexibility index (Phi) is 6.35. The normalized spacial score (nSPS) is 16.2. The molecule has 118 valence electrons. The number of carbonyl (C=O) groups is 1. The van der Waals surface area contributed by atoms with E-state index in [2.05, 4.69) is 10.2 Å². The maximum absolute atomic E-state index is 12.9. The molecule has 0 aliphatic carbocycles. The van der Waals surface area contributed by atoms with Gasteiger partial charge in [0.25, 0.3) is 0 Å². The molecule has 1 aromatic carbocycles. The third kappa shape index (κ3) is 5.45. The van der Waals surface area contributed by atoms with Gasteiger partial charge in [-0.2, -0.15) is 5.26 Å². The lowest BCUT2D eigenvalue weighted by Crippen LogP contribution is -2.42. The van der Waals surface area contributed by atoms with E-state index in [1.165, 1.54) is 17.7 Å². The summed E-state index contributed by atoms with van der Waals surface area (Å²) < 4.78 is 12.9. The number of likely N-dealkylation sites (tertiary alicyclic amines) is 1. The molecule has 1 amide bonds. The fourth-order valence-corrected chi connectivity index (χ4v) is 2.82. The number of benzene rings is 1. The summed E-state index contributed by atoms with van der Waals surface area (Å²) >= 11 is 0. The van der Waals surface area contributed by atoms with Gasteiger partial charge in [-0.25, -0.2) is 4.39 Å². The maximum atomic E-state index is 12.9. The van der Waals surface area contributed by atoms with Crippen LogP contribution in [0.1, 0.15) is 24.8 Å². The number of nitrogens with zero attached hydrogens (tertiary/aromatic N) is 2. The second kappa shape index (κ2) is 8.50. The van der Waals surface area contributed by atoms with Gasteiger partial charge in [-0.3, -0.25) is 9.69 Å². The molecule has 4 nitrogen and oxygen atoms in total. The van der Waals surface area contributed by atoms with E-state index in [1.807, 2.05) is 18.2 Å². The zero-order valence-corrected chi connectivity index (χ0v) is 12.7. The van der Waals surface area contributed by atoms with Gasteiger partial charge in [0.2, 0.25) is 5.91 Å². The van der Waals surface area contributed by atoms with Crippen molar-refractivity contribution in [3.63, 3.8) is 0 Å². The van der Waals surface area contributed by atoms with Crippen LogP contribution in [0.2, 0.25) is 0 Å². The summed E-state index contributed by atoms with van der Waals surface area (Å²) in [6, 6.07) is 8.73. The van der Waals surface area contributed by atoms with Crippen LogP contribution in [0.15, 0.2) is 24.3 Å². The highest BCUT2D eigenvalue weighted by molar-refractivity contribution is 5.78. The van der Waals surface area contributed by atoms with Crippen molar-refractivity contribution >= 4 is 5.91 Å². The zero-order valence-electron chi connectivity index (χ0n) is 12.7. The third-order valence-electron chi connectivity index (χ3n) is 4.07. The molecule has 0 atom stereocenters. The highest BCUT2D eigenvalue weighted by Crippen LogP contribution is 2.21. The van der Waals surface area contributed by atoms with E-state index >= 15 is 0 Å². The van der Waals surface area contributed by atoms with Crippen molar-refractivity contribution in [2.24, 2.45) is 5.92 Å². The molecule has 5 heteroatoms. The van der Waals surface area contributed by atoms with E-state index in [4.69, 9.17) is 5.26 Å². The van der Waals surface area contributed by atoms with Crippen LogP contribution in [0.4, 0.5) is 4.39 Å². The van der Waals surface area contributed by atoms with Gasteiger partial charge in [-0.1, -0.05) is 12.1 Å². The first-order chi connectivity index (χ1) is 10.7. The molecule has 1 fully saturated rings. The van der Waals surface area contributed by atoms with Crippen molar-refractivity contribution in [1.29, 1.82) is 5.26 Å². The number of halogens is 1. The first kappa shape index (κ1) is 16.4. The summed E-state index contributed by atoms with van der Waals surface area (Å²) in [5.74, 6) is 0.400. The minimum absolute atomic E-state index is 0.00719. The van der Waals surface area contributed by atoms with Crippen LogP contribution >= 0.6 is 0 Å². The summed E-state index contributed by atoms with van der Waals surface area (Å²) in [7, 11) is 0. The molecule has 22 heavy (non-hydrogen) atoms. The molecule has 1 aliphatic rings. The van der Waals surface area contributed by atoms with E-state index in [-0.39, 0.29) is 11.7 Å². The largest absolute Gasteiger partial charge is 0.354 e. The molecule has 1 aliphatic heterocycles. The molecule has 1 N–H and O–H groups in total. The lowest BCUT2D eigenvalue weighted by atomic mass is 9.90. The second-order valence-electron chi connectivity index (χ2n) is 5.81. The molecule has 1 saturated heterocycles. The van der Waals surface area contributed by atoms with Crippen LogP contribution < -0.4 is 5.32 Å². The van der Waals surface area contributed by atoms with E-state index in [0.29, 0.717) is 25.4 Å². The molecule has 2 rings (SSSR count). The predicted molar refractivity (Wildman–Crippen MR) is 82.5 cm³/mol. The molecule has 0 unspecified atom stereocenters. The fraction of sp³-hybridized carbons (Fsp3) is 0.529. The van der Waals surface area contributed by atoms with Crippen molar-refractivity contribution < 1.29 is 9.18 Å². The highest BCUT2D eigenvalue weighted by atomic mass is 19.1. The molecule has 0 bridgehead atoms. The fourth-order valence-electron chi connectivity index (χ4n) is 2.82. The average molecular weight is 303 g/mol. The number of hydrogen-bond donors (Lipinski definition) is 1. The molecule has 1 heterocycles. The standard InChI is InChI=1S/C17H22FN3O/c18-16-4-2-14(3-5-16)12-15-6-10-21(11-7-15)13-17(22)20-9-1-8-19/h2-5,15H,1,6-7,9-13H2,(H,20,22). The van der Waals surface area contributed by atoms with Crippen molar-refractivity contribution in [2.45, 2.75) is 25.7 Å². The lowest BCUT2D eigenvalue weighted by molar-refractivity contribution is -0.122. The van der Waals surface area contributed by atoms with Gasteiger partial charge in [0.05, 0.1) is 19.0 Å². The SMILES string of the molecule is N#CCCNC(=O)CN1CCC(Cc2ccc(F)cc2)CC1. The van der Waals surface area contributed by atoms with E-state index in [0.717, 1.165) is 32.4 Å². The van der Waals surface area contributed by atoms with Crippen molar-refractivity contribution in [1.82, 2.24) is 10.2 Å². The van der Waals surface area contributed by atoms with Gasteiger partial charge in [0.1, 0.15) is 5.82 Å². The summed E-state index contributed by atoms with van der Waals surface area (Å²) in [5.41, 5.74) is 1.18. The van der Waals surface area contributed by atoms with Crippen molar-refractivity contribution in [3.05, 3.63) is 35.6 Å². The number of hydrogen-bond acceptors (Lipinski definition) is 3. The first-order valence-electron chi connectivity index (χ1n) is 7.78. The smallest absolute Gasteiger partial charge is 0.234 e. The highest BCUT2D eigenvalue weighted by Gasteiger charge is 2.20. The Morgan fingerprint density at radius 2 is 2.00 bits per heavy atom. The van der Waals surface area contributed by atoms with Gasteiger partial charge in [-0.15, -0.1) is 0 Å².